The van der Waals surface area contributed by atoms with Gasteiger partial charge in [-0.25, -0.2) is 0 Å². The number of nitrogens with one attached hydrogen (secondary N) is 1. The van der Waals surface area contributed by atoms with Gasteiger partial charge in [-0.15, -0.1) is 0 Å². The highest BCUT2D eigenvalue weighted by Crippen LogP contribution is 2.19. The van der Waals surface area contributed by atoms with E-state index >= 15 is 0 Å². The van der Waals surface area contributed by atoms with Crippen molar-refractivity contribution in [2.24, 2.45) is 0 Å². The summed E-state index contributed by atoms with van der Waals surface area (Å²) in [7, 11) is 0. The number of esters is 1. The summed E-state index contributed by atoms with van der Waals surface area (Å²) in [6.07, 6.45) is 6.70. The third-order valence-electron chi connectivity index (χ3n) is 3.31. The first-order valence-corrected chi connectivity index (χ1v) is 7.97. The minimum atomic E-state index is -0.499. The quantitative estimate of drug-likeness (QED) is 0.579. The number of carbonyl (C=O) groups excluding carboxylic acids is 2. The Hall–Kier alpha value is -1.10. The first-order valence-electron chi connectivity index (χ1n) is 7.97. The lowest BCUT2D eigenvalue weighted by Gasteiger charge is -2.22. The first kappa shape index (κ1) is 18.0. The van der Waals surface area contributed by atoms with Crippen molar-refractivity contribution in [3.63, 3.8) is 0 Å². The number of hydrogen-bond donors (Lipinski definition) is 1. The fraction of sp³-hybridized carbons (Fsp3) is 0.875. The van der Waals surface area contributed by atoms with E-state index in [0.29, 0.717) is 19.3 Å². The highest BCUT2D eigenvalue weighted by molar-refractivity contribution is 5.81. The Balaban J connectivity index is 2.02. The highest BCUT2D eigenvalue weighted by atomic mass is 16.6. The van der Waals surface area contributed by atoms with Crippen LogP contribution in [0, 0.1) is 0 Å². The fourth-order valence-corrected chi connectivity index (χ4v) is 2.34. The van der Waals surface area contributed by atoms with Crippen LogP contribution in [0.15, 0.2) is 0 Å². The van der Waals surface area contributed by atoms with Gasteiger partial charge < -0.3 is 14.8 Å². The summed E-state index contributed by atoms with van der Waals surface area (Å²) in [4.78, 5) is 23.1. The molecule has 0 atom stereocenters. The molecule has 0 saturated heterocycles. The number of carbonyl (C=O) groups is 2. The summed E-state index contributed by atoms with van der Waals surface area (Å²) in [5.74, 6) is -0.468. The zero-order valence-corrected chi connectivity index (χ0v) is 13.6. The van der Waals surface area contributed by atoms with Crippen LogP contribution in [0.1, 0.15) is 65.7 Å². The molecule has 0 bridgehead atoms. The van der Waals surface area contributed by atoms with Gasteiger partial charge in [-0.1, -0.05) is 19.3 Å². The van der Waals surface area contributed by atoms with E-state index < -0.39 is 5.60 Å². The Bertz CT molecular complexity index is 330. The van der Waals surface area contributed by atoms with Crippen molar-refractivity contribution in [3.8, 4) is 0 Å². The molecule has 0 radical (unpaired) electrons. The van der Waals surface area contributed by atoms with Crippen LogP contribution in [0.2, 0.25) is 0 Å². The second-order valence-electron chi connectivity index (χ2n) is 6.57. The van der Waals surface area contributed by atoms with Crippen molar-refractivity contribution in [1.82, 2.24) is 5.32 Å². The molecule has 1 rings (SSSR count). The van der Waals surface area contributed by atoms with Crippen LogP contribution in [-0.2, 0) is 19.1 Å². The average molecular weight is 299 g/mol. The summed E-state index contributed by atoms with van der Waals surface area (Å²) in [6.45, 7) is 6.49. The van der Waals surface area contributed by atoms with Gasteiger partial charge >= 0.3 is 5.97 Å². The standard InChI is InChI=1S/C16H29NO4/c1-16(2,3)21-15(19)10-9-14(18)17-11-12-20-13-7-5-4-6-8-13/h13H,4-12H2,1-3H3,(H,17,18). The maximum Gasteiger partial charge on any atom is 0.306 e. The van der Waals surface area contributed by atoms with Crippen molar-refractivity contribution < 1.29 is 19.1 Å². The Kier molecular flexibility index (Phi) is 7.72. The van der Waals surface area contributed by atoms with Gasteiger partial charge in [-0.05, 0) is 33.6 Å². The van der Waals surface area contributed by atoms with Crippen LogP contribution in [0.3, 0.4) is 0 Å². The molecule has 0 heterocycles. The first-order chi connectivity index (χ1) is 9.87. The Morgan fingerprint density at radius 2 is 1.76 bits per heavy atom. The molecule has 5 nitrogen and oxygen atoms in total. The number of rotatable bonds is 7. The summed E-state index contributed by atoms with van der Waals surface area (Å²) in [6, 6.07) is 0. The minimum absolute atomic E-state index is 0.118. The van der Waals surface area contributed by atoms with Crippen LogP contribution < -0.4 is 5.32 Å². The molecule has 0 spiro atoms. The van der Waals surface area contributed by atoms with Gasteiger partial charge in [0.2, 0.25) is 5.91 Å². The van der Waals surface area contributed by atoms with E-state index in [4.69, 9.17) is 9.47 Å². The molecule has 5 heteroatoms. The lowest BCUT2D eigenvalue weighted by atomic mass is 9.98. The Morgan fingerprint density at radius 1 is 1.10 bits per heavy atom. The fourth-order valence-electron chi connectivity index (χ4n) is 2.34. The van der Waals surface area contributed by atoms with Gasteiger partial charge in [0.05, 0.1) is 19.1 Å². The predicted octanol–water partition coefficient (Wildman–Crippen LogP) is 2.57. The topological polar surface area (TPSA) is 64.6 Å². The highest BCUT2D eigenvalue weighted by Gasteiger charge is 2.17. The van der Waals surface area contributed by atoms with E-state index in [-0.39, 0.29) is 24.7 Å². The van der Waals surface area contributed by atoms with Crippen LogP contribution in [0.5, 0.6) is 0 Å². The Labute approximate surface area is 127 Å². The summed E-state index contributed by atoms with van der Waals surface area (Å²) >= 11 is 0. The smallest absolute Gasteiger partial charge is 0.306 e. The summed E-state index contributed by atoms with van der Waals surface area (Å²) in [5.41, 5.74) is -0.499. The van der Waals surface area contributed by atoms with E-state index in [2.05, 4.69) is 5.32 Å². The SMILES string of the molecule is CC(C)(C)OC(=O)CCC(=O)NCCOC1CCCCC1. The lowest BCUT2D eigenvalue weighted by molar-refractivity contribution is -0.155. The molecule has 1 aliphatic rings. The van der Waals surface area contributed by atoms with Crippen LogP contribution in [-0.4, -0.2) is 36.7 Å². The van der Waals surface area contributed by atoms with E-state index in [0.717, 1.165) is 12.8 Å². The molecule has 21 heavy (non-hydrogen) atoms. The summed E-state index contributed by atoms with van der Waals surface area (Å²) in [5, 5.41) is 2.77. The molecule has 122 valence electrons. The van der Waals surface area contributed by atoms with E-state index in [9.17, 15) is 9.59 Å². The van der Waals surface area contributed by atoms with Crippen molar-refractivity contribution >= 4 is 11.9 Å². The van der Waals surface area contributed by atoms with E-state index in [1.54, 1.807) is 0 Å². The molecule has 1 saturated carbocycles. The minimum Gasteiger partial charge on any atom is -0.460 e. The molecule has 1 N–H and O–H groups in total. The van der Waals surface area contributed by atoms with Gasteiger partial charge in [0, 0.05) is 13.0 Å². The second kappa shape index (κ2) is 9.03. The largest absolute Gasteiger partial charge is 0.460 e. The van der Waals surface area contributed by atoms with Gasteiger partial charge in [0.1, 0.15) is 5.60 Å². The van der Waals surface area contributed by atoms with Crippen LogP contribution in [0.4, 0.5) is 0 Å². The molecule has 0 aromatic carbocycles. The molecule has 1 aliphatic carbocycles. The number of hydrogen-bond acceptors (Lipinski definition) is 4. The van der Waals surface area contributed by atoms with Gasteiger partial charge in [-0.3, -0.25) is 9.59 Å². The third kappa shape index (κ3) is 9.45. The maximum atomic E-state index is 11.6. The molecule has 0 unspecified atom stereocenters. The summed E-state index contributed by atoms with van der Waals surface area (Å²) < 4.78 is 10.9. The molecular weight excluding hydrogens is 270 g/mol. The Morgan fingerprint density at radius 3 is 2.38 bits per heavy atom. The second-order valence-corrected chi connectivity index (χ2v) is 6.57. The maximum absolute atomic E-state index is 11.6. The lowest BCUT2D eigenvalue weighted by Crippen LogP contribution is -2.30. The normalized spacial score (nSPS) is 16.5. The molecule has 0 aliphatic heterocycles. The average Bonchev–Trinajstić information content (AvgIpc) is 2.41. The van der Waals surface area contributed by atoms with E-state index in [1.807, 2.05) is 20.8 Å². The molecular formula is C16H29NO4. The number of amides is 1. The van der Waals surface area contributed by atoms with Crippen LogP contribution >= 0.6 is 0 Å². The van der Waals surface area contributed by atoms with E-state index in [1.165, 1.54) is 19.3 Å². The van der Waals surface area contributed by atoms with Gasteiger partial charge in [0.25, 0.3) is 0 Å². The third-order valence-corrected chi connectivity index (χ3v) is 3.31. The monoisotopic (exact) mass is 299 g/mol. The van der Waals surface area contributed by atoms with Crippen LogP contribution in [0.25, 0.3) is 0 Å². The zero-order chi connectivity index (χ0) is 15.7. The molecule has 1 fully saturated rings. The van der Waals surface area contributed by atoms with Crippen molar-refractivity contribution in [1.29, 1.82) is 0 Å². The molecule has 0 aromatic rings. The van der Waals surface area contributed by atoms with Gasteiger partial charge in [0.15, 0.2) is 0 Å². The predicted molar refractivity (Wildman–Crippen MR) is 80.9 cm³/mol. The zero-order valence-electron chi connectivity index (χ0n) is 13.6. The molecule has 0 aromatic heterocycles. The van der Waals surface area contributed by atoms with Gasteiger partial charge in [-0.2, -0.15) is 0 Å². The number of ether oxygens (including phenoxy) is 2. The van der Waals surface area contributed by atoms with Crippen molar-refractivity contribution in [2.45, 2.75) is 77.4 Å². The van der Waals surface area contributed by atoms with Crippen molar-refractivity contribution in [2.75, 3.05) is 13.2 Å². The molecule has 1 amide bonds. The van der Waals surface area contributed by atoms with Crippen molar-refractivity contribution in [3.05, 3.63) is 0 Å².